The summed E-state index contributed by atoms with van der Waals surface area (Å²) in [7, 11) is 0. The number of aliphatic hydroxyl groups excluding tert-OH is 1. The third-order valence-corrected chi connectivity index (χ3v) is 3.31. The summed E-state index contributed by atoms with van der Waals surface area (Å²) < 4.78 is 0. The molecule has 4 heteroatoms. The lowest BCUT2D eigenvalue weighted by molar-refractivity contribution is -0.137. The molecule has 0 aliphatic carbocycles. The van der Waals surface area contributed by atoms with Gasteiger partial charge < -0.3 is 10.2 Å². The predicted octanol–water partition coefficient (Wildman–Crippen LogP) is 3.98. The number of aliphatic carboxylic acids is 1. The molecule has 4 nitrogen and oxygen atoms in total. The van der Waals surface area contributed by atoms with Gasteiger partial charge in [0.15, 0.2) is 0 Å². The Morgan fingerprint density at radius 1 is 1.10 bits per heavy atom. The normalized spacial score (nSPS) is 13.2. The number of carbonyl (C=O) groups is 1. The molecule has 0 rings (SSSR count). The third-order valence-electron chi connectivity index (χ3n) is 3.31. The first-order chi connectivity index (χ1) is 10.2. The van der Waals surface area contributed by atoms with E-state index >= 15 is 0 Å². The van der Waals surface area contributed by atoms with Crippen molar-refractivity contribution in [1.29, 1.82) is 0 Å². The van der Waals surface area contributed by atoms with E-state index in [-0.39, 0.29) is 6.42 Å². The Hall–Kier alpha value is -1.16. The van der Waals surface area contributed by atoms with Crippen molar-refractivity contribution in [3.8, 4) is 0 Å². The van der Waals surface area contributed by atoms with E-state index in [9.17, 15) is 9.90 Å². The van der Waals surface area contributed by atoms with Gasteiger partial charge in [-0.15, -0.1) is 0 Å². The minimum atomic E-state index is -0.716. The Balaban J connectivity index is 3.40. The van der Waals surface area contributed by atoms with Crippen molar-refractivity contribution in [2.45, 2.75) is 77.2 Å². The van der Waals surface area contributed by atoms with E-state index in [1.807, 2.05) is 6.08 Å². The van der Waals surface area contributed by atoms with Crippen molar-refractivity contribution in [3.63, 3.8) is 0 Å². The third kappa shape index (κ3) is 16.8. The molecule has 0 amide bonds. The largest absolute Gasteiger partial charge is 0.481 e. The maximum atomic E-state index is 10.3. The summed E-state index contributed by atoms with van der Waals surface area (Å²) in [4.78, 5) is 14.6. The van der Waals surface area contributed by atoms with Gasteiger partial charge in [0, 0.05) is 19.2 Å². The van der Waals surface area contributed by atoms with Gasteiger partial charge in [-0.3, -0.25) is 9.79 Å². The van der Waals surface area contributed by atoms with Crippen LogP contribution in [0.3, 0.4) is 0 Å². The minimum absolute atomic E-state index is 0.267. The second kappa shape index (κ2) is 15.2. The van der Waals surface area contributed by atoms with E-state index in [1.54, 1.807) is 12.3 Å². The maximum Gasteiger partial charge on any atom is 0.303 e. The van der Waals surface area contributed by atoms with Gasteiger partial charge in [-0.1, -0.05) is 51.5 Å². The van der Waals surface area contributed by atoms with Crippen LogP contribution in [-0.4, -0.2) is 35.0 Å². The molecule has 0 heterocycles. The molecule has 0 aromatic rings. The van der Waals surface area contributed by atoms with Gasteiger partial charge in [0.25, 0.3) is 0 Å². The van der Waals surface area contributed by atoms with Crippen molar-refractivity contribution in [2.24, 2.45) is 4.99 Å². The number of rotatable bonds is 14. The van der Waals surface area contributed by atoms with Crippen LogP contribution in [-0.2, 0) is 4.79 Å². The number of hydrogen-bond donors (Lipinski definition) is 2. The molecule has 0 radical (unpaired) electrons. The van der Waals surface area contributed by atoms with Crippen molar-refractivity contribution >= 4 is 12.2 Å². The van der Waals surface area contributed by atoms with E-state index in [0.29, 0.717) is 0 Å². The van der Waals surface area contributed by atoms with Crippen molar-refractivity contribution < 1.29 is 15.0 Å². The van der Waals surface area contributed by atoms with Crippen LogP contribution in [0.25, 0.3) is 0 Å². The van der Waals surface area contributed by atoms with Gasteiger partial charge in [0.1, 0.15) is 0 Å². The van der Waals surface area contributed by atoms with Crippen LogP contribution in [0.1, 0.15) is 71.1 Å². The van der Waals surface area contributed by atoms with Crippen LogP contribution >= 0.6 is 0 Å². The Morgan fingerprint density at radius 2 is 1.81 bits per heavy atom. The minimum Gasteiger partial charge on any atom is -0.481 e. The molecule has 0 saturated heterocycles. The summed E-state index contributed by atoms with van der Waals surface area (Å²) in [5.74, 6) is -0.716. The highest BCUT2D eigenvalue weighted by Crippen LogP contribution is 2.09. The first-order valence-electron chi connectivity index (χ1n) is 8.23. The average molecular weight is 297 g/mol. The molecular formula is C17H31NO3. The Morgan fingerprint density at radius 3 is 2.52 bits per heavy atom. The topological polar surface area (TPSA) is 69.9 Å². The number of unbranched alkanes of at least 4 members (excludes halogenated alkanes) is 6. The molecule has 0 fully saturated rings. The standard InChI is InChI=1S/C17H31NO3/c1-2-3-9-14-18-15-10-12-16(19)11-7-5-4-6-8-13-17(20)21/h10,12,15-16,19H,2-9,11,13-14H2,1H3,(H,20,21)/b12-10+,18-15?. The predicted molar refractivity (Wildman–Crippen MR) is 88.0 cm³/mol. The van der Waals surface area contributed by atoms with Gasteiger partial charge in [-0.05, 0) is 25.3 Å². The monoisotopic (exact) mass is 297 g/mol. The maximum absolute atomic E-state index is 10.3. The molecule has 0 aliphatic heterocycles. The summed E-state index contributed by atoms with van der Waals surface area (Å²) in [6.07, 6.45) is 14.4. The van der Waals surface area contributed by atoms with Crippen molar-refractivity contribution in [2.75, 3.05) is 6.54 Å². The fraction of sp³-hybridized carbons (Fsp3) is 0.765. The lowest BCUT2D eigenvalue weighted by atomic mass is 10.1. The van der Waals surface area contributed by atoms with E-state index < -0.39 is 12.1 Å². The van der Waals surface area contributed by atoms with Gasteiger partial charge in [0.2, 0.25) is 0 Å². The van der Waals surface area contributed by atoms with Crippen LogP contribution in [0.5, 0.6) is 0 Å². The molecule has 21 heavy (non-hydrogen) atoms. The molecule has 0 spiro atoms. The average Bonchev–Trinajstić information content (AvgIpc) is 2.45. The van der Waals surface area contributed by atoms with Crippen LogP contribution in [0.2, 0.25) is 0 Å². The lowest BCUT2D eigenvalue weighted by Crippen LogP contribution is -2.01. The molecule has 122 valence electrons. The van der Waals surface area contributed by atoms with E-state index in [1.165, 1.54) is 12.8 Å². The molecule has 0 saturated carbocycles. The summed E-state index contributed by atoms with van der Waals surface area (Å²) in [6, 6.07) is 0. The number of carboxylic acid groups (broad SMARTS) is 1. The fourth-order valence-electron chi connectivity index (χ4n) is 2.02. The summed E-state index contributed by atoms with van der Waals surface area (Å²) in [5.41, 5.74) is 0. The van der Waals surface area contributed by atoms with Crippen molar-refractivity contribution in [3.05, 3.63) is 12.2 Å². The molecule has 0 aliphatic rings. The second-order valence-electron chi connectivity index (χ2n) is 5.41. The first-order valence-corrected chi connectivity index (χ1v) is 8.23. The van der Waals surface area contributed by atoms with E-state index in [2.05, 4.69) is 11.9 Å². The highest BCUT2D eigenvalue weighted by molar-refractivity contribution is 5.71. The number of allylic oxidation sites excluding steroid dienone is 1. The zero-order chi connectivity index (χ0) is 15.8. The molecular weight excluding hydrogens is 266 g/mol. The van der Waals surface area contributed by atoms with Gasteiger partial charge in [-0.25, -0.2) is 0 Å². The molecule has 0 bridgehead atoms. The highest BCUT2D eigenvalue weighted by Gasteiger charge is 1.99. The zero-order valence-corrected chi connectivity index (χ0v) is 13.3. The van der Waals surface area contributed by atoms with Gasteiger partial charge in [-0.2, -0.15) is 0 Å². The lowest BCUT2D eigenvalue weighted by Gasteiger charge is -2.04. The van der Waals surface area contributed by atoms with Gasteiger partial charge in [0.05, 0.1) is 6.10 Å². The first kappa shape index (κ1) is 19.8. The van der Waals surface area contributed by atoms with Crippen LogP contribution < -0.4 is 0 Å². The number of carboxylic acids is 1. The molecule has 1 unspecified atom stereocenters. The Bertz CT molecular complexity index is 300. The Kier molecular flexibility index (Phi) is 14.4. The summed E-state index contributed by atoms with van der Waals surface area (Å²) in [6.45, 7) is 3.04. The second-order valence-corrected chi connectivity index (χ2v) is 5.41. The smallest absolute Gasteiger partial charge is 0.303 e. The highest BCUT2D eigenvalue weighted by atomic mass is 16.4. The fourth-order valence-corrected chi connectivity index (χ4v) is 2.02. The van der Waals surface area contributed by atoms with E-state index in [0.717, 1.165) is 51.5 Å². The Labute approximate surface area is 129 Å². The quantitative estimate of drug-likeness (QED) is 0.376. The van der Waals surface area contributed by atoms with Crippen LogP contribution in [0.15, 0.2) is 17.1 Å². The van der Waals surface area contributed by atoms with Crippen LogP contribution in [0, 0.1) is 0 Å². The molecule has 1 atom stereocenters. The zero-order valence-electron chi connectivity index (χ0n) is 13.3. The number of aliphatic hydroxyl groups is 1. The number of hydrogen-bond acceptors (Lipinski definition) is 3. The summed E-state index contributed by atoms with van der Waals surface area (Å²) in [5, 5.41) is 18.2. The van der Waals surface area contributed by atoms with Gasteiger partial charge >= 0.3 is 5.97 Å². The number of nitrogens with zero attached hydrogens (tertiary/aromatic N) is 1. The van der Waals surface area contributed by atoms with E-state index in [4.69, 9.17) is 5.11 Å². The van der Waals surface area contributed by atoms with Crippen LogP contribution in [0.4, 0.5) is 0 Å². The molecule has 0 aromatic heterocycles. The molecule has 2 N–H and O–H groups in total. The summed E-state index contributed by atoms with van der Waals surface area (Å²) >= 11 is 0. The SMILES string of the molecule is CCCCCN=C/C=C/C(O)CCCCCCCC(=O)O. The number of aliphatic imine (C=N–C) groups is 1. The molecule has 0 aromatic carbocycles. The van der Waals surface area contributed by atoms with Crippen molar-refractivity contribution in [1.82, 2.24) is 0 Å².